The van der Waals surface area contributed by atoms with Gasteiger partial charge in [0, 0.05) is 5.92 Å². The Labute approximate surface area is 97.6 Å². The molecule has 1 rings (SSSR count). The number of carbonyl (C=O) groups excluding carboxylic acids is 1. The second-order valence-corrected chi connectivity index (χ2v) is 4.04. The summed E-state index contributed by atoms with van der Waals surface area (Å²) in [6, 6.07) is 0. The Morgan fingerprint density at radius 2 is 2.07 bits per heavy atom. The maximum absolute atomic E-state index is 11.7. The molecular weight excluding hydrogens is 258 g/mol. The number of rotatable bonds is 4. The summed E-state index contributed by atoms with van der Waals surface area (Å²) in [7, 11) is 0. The van der Waals surface area contributed by atoms with Crippen LogP contribution in [0.5, 0.6) is 0 Å². The number of hydrogen-bond acceptors (Lipinski definition) is 3. The minimum atomic E-state index is 0.0108. The number of anilines is 1. The topological polar surface area (TPSA) is 54.9 Å². The molecule has 1 aromatic rings. The number of hydrogen-bond donors (Lipinski definition) is 1. The van der Waals surface area contributed by atoms with Crippen molar-refractivity contribution in [2.24, 2.45) is 5.92 Å². The van der Waals surface area contributed by atoms with Crippen LogP contribution in [-0.2, 0) is 4.79 Å². The van der Waals surface area contributed by atoms with E-state index in [4.69, 9.17) is 0 Å². The molecule has 0 aliphatic rings. The molecule has 0 atom stereocenters. The van der Waals surface area contributed by atoms with Crippen LogP contribution >= 0.6 is 15.9 Å². The van der Waals surface area contributed by atoms with Gasteiger partial charge in [0.25, 0.3) is 0 Å². The lowest BCUT2D eigenvalue weighted by Gasteiger charge is -2.11. The van der Waals surface area contributed by atoms with E-state index < -0.39 is 0 Å². The summed E-state index contributed by atoms with van der Waals surface area (Å²) < 4.78 is 0.656. The van der Waals surface area contributed by atoms with Crippen molar-refractivity contribution < 1.29 is 4.79 Å². The minimum absolute atomic E-state index is 0.0108. The molecule has 0 aliphatic heterocycles. The molecule has 0 radical (unpaired) electrons. The number of aromatic nitrogens is 2. The first kappa shape index (κ1) is 12.1. The predicted octanol–water partition coefficient (Wildman–Crippen LogP) is 2.61. The summed E-state index contributed by atoms with van der Waals surface area (Å²) in [4.78, 5) is 19.7. The van der Waals surface area contributed by atoms with Crippen molar-refractivity contribution in [3.63, 3.8) is 0 Å². The molecule has 0 unspecified atom stereocenters. The first-order valence-electron chi connectivity index (χ1n) is 4.95. The van der Waals surface area contributed by atoms with E-state index in [0.717, 1.165) is 12.8 Å². The Morgan fingerprint density at radius 3 is 2.53 bits per heavy atom. The molecule has 0 aromatic carbocycles. The summed E-state index contributed by atoms with van der Waals surface area (Å²) in [6.07, 6.45) is 4.77. The van der Waals surface area contributed by atoms with Crippen LogP contribution in [0.25, 0.3) is 0 Å². The van der Waals surface area contributed by atoms with Gasteiger partial charge in [-0.15, -0.1) is 0 Å². The second kappa shape index (κ2) is 5.80. The van der Waals surface area contributed by atoms with Gasteiger partial charge in [-0.05, 0) is 28.8 Å². The zero-order chi connectivity index (χ0) is 11.3. The van der Waals surface area contributed by atoms with E-state index in [-0.39, 0.29) is 11.8 Å². The molecule has 15 heavy (non-hydrogen) atoms. The first-order chi connectivity index (χ1) is 7.17. The van der Waals surface area contributed by atoms with Crippen molar-refractivity contribution in [1.82, 2.24) is 9.97 Å². The average molecular weight is 272 g/mol. The number of carbonyl (C=O) groups is 1. The Hall–Kier alpha value is -0.970. The maximum Gasteiger partial charge on any atom is 0.228 e. The standard InChI is InChI=1S/C10H14BrN3O/c1-3-7(4-2)10(15)14-9-6-12-8(11)5-13-9/h5-7H,3-4H2,1-2H3,(H,13,14,15). The fourth-order valence-corrected chi connectivity index (χ4v) is 1.47. The largest absolute Gasteiger partial charge is 0.309 e. The Kier molecular flexibility index (Phi) is 4.68. The molecule has 0 bridgehead atoms. The molecule has 1 aromatic heterocycles. The smallest absolute Gasteiger partial charge is 0.228 e. The fourth-order valence-electron chi connectivity index (χ4n) is 1.26. The van der Waals surface area contributed by atoms with Crippen molar-refractivity contribution in [1.29, 1.82) is 0 Å². The molecule has 0 saturated heterocycles. The van der Waals surface area contributed by atoms with Crippen LogP contribution in [0.2, 0.25) is 0 Å². The van der Waals surface area contributed by atoms with E-state index in [0.29, 0.717) is 10.4 Å². The highest BCUT2D eigenvalue weighted by Crippen LogP contribution is 2.11. The van der Waals surface area contributed by atoms with Gasteiger partial charge in [0.1, 0.15) is 4.60 Å². The van der Waals surface area contributed by atoms with E-state index in [1.165, 1.54) is 6.20 Å². The summed E-state index contributed by atoms with van der Waals surface area (Å²) in [5.74, 6) is 0.558. The summed E-state index contributed by atoms with van der Waals surface area (Å²) >= 11 is 3.18. The Bertz CT molecular complexity index is 322. The number of amides is 1. The van der Waals surface area contributed by atoms with E-state index in [9.17, 15) is 4.79 Å². The maximum atomic E-state index is 11.7. The van der Waals surface area contributed by atoms with Gasteiger partial charge >= 0.3 is 0 Å². The SMILES string of the molecule is CCC(CC)C(=O)Nc1cnc(Br)cn1. The lowest BCUT2D eigenvalue weighted by atomic mass is 10.0. The highest BCUT2D eigenvalue weighted by atomic mass is 79.9. The fraction of sp³-hybridized carbons (Fsp3) is 0.500. The van der Waals surface area contributed by atoms with E-state index in [1.54, 1.807) is 6.20 Å². The van der Waals surface area contributed by atoms with Gasteiger partial charge in [0.2, 0.25) is 5.91 Å². The van der Waals surface area contributed by atoms with Crippen LogP contribution in [-0.4, -0.2) is 15.9 Å². The van der Waals surface area contributed by atoms with Gasteiger partial charge in [-0.25, -0.2) is 9.97 Å². The van der Waals surface area contributed by atoms with Gasteiger partial charge in [-0.2, -0.15) is 0 Å². The third kappa shape index (κ3) is 3.58. The van der Waals surface area contributed by atoms with Crippen molar-refractivity contribution in [3.05, 3.63) is 17.0 Å². The van der Waals surface area contributed by atoms with Gasteiger partial charge in [0.05, 0.1) is 12.4 Å². The number of nitrogens with one attached hydrogen (secondary N) is 1. The second-order valence-electron chi connectivity index (χ2n) is 3.23. The van der Waals surface area contributed by atoms with Gasteiger partial charge in [-0.3, -0.25) is 4.79 Å². The van der Waals surface area contributed by atoms with Crippen molar-refractivity contribution in [2.45, 2.75) is 26.7 Å². The third-order valence-corrected chi connectivity index (χ3v) is 2.64. The van der Waals surface area contributed by atoms with Crippen LogP contribution in [0.4, 0.5) is 5.82 Å². The lowest BCUT2D eigenvalue weighted by molar-refractivity contribution is -0.120. The van der Waals surface area contributed by atoms with Crippen LogP contribution in [0, 0.1) is 5.92 Å². The van der Waals surface area contributed by atoms with E-state index in [2.05, 4.69) is 31.2 Å². The normalized spacial score (nSPS) is 10.4. The first-order valence-corrected chi connectivity index (χ1v) is 5.75. The third-order valence-electron chi connectivity index (χ3n) is 2.23. The summed E-state index contributed by atoms with van der Waals surface area (Å²) in [5.41, 5.74) is 0. The molecule has 1 N–H and O–H groups in total. The van der Waals surface area contributed by atoms with Gasteiger partial charge < -0.3 is 5.32 Å². The quantitative estimate of drug-likeness (QED) is 0.916. The highest BCUT2D eigenvalue weighted by Gasteiger charge is 2.14. The molecule has 82 valence electrons. The zero-order valence-corrected chi connectivity index (χ0v) is 10.4. The minimum Gasteiger partial charge on any atom is -0.309 e. The van der Waals surface area contributed by atoms with Crippen LogP contribution in [0.1, 0.15) is 26.7 Å². The Morgan fingerprint density at radius 1 is 1.40 bits per heavy atom. The number of halogens is 1. The van der Waals surface area contributed by atoms with Crippen LogP contribution < -0.4 is 5.32 Å². The zero-order valence-electron chi connectivity index (χ0n) is 8.83. The molecule has 0 fully saturated rings. The molecule has 0 saturated carbocycles. The van der Waals surface area contributed by atoms with Crippen LogP contribution in [0.3, 0.4) is 0 Å². The molecule has 4 nitrogen and oxygen atoms in total. The van der Waals surface area contributed by atoms with E-state index >= 15 is 0 Å². The lowest BCUT2D eigenvalue weighted by Crippen LogP contribution is -2.22. The van der Waals surface area contributed by atoms with Gasteiger partial charge in [-0.1, -0.05) is 13.8 Å². The van der Waals surface area contributed by atoms with Gasteiger partial charge in [0.15, 0.2) is 5.82 Å². The summed E-state index contributed by atoms with van der Waals surface area (Å²) in [5, 5.41) is 2.74. The monoisotopic (exact) mass is 271 g/mol. The van der Waals surface area contributed by atoms with E-state index in [1.807, 2.05) is 13.8 Å². The number of nitrogens with zero attached hydrogens (tertiary/aromatic N) is 2. The predicted molar refractivity (Wildman–Crippen MR) is 62.4 cm³/mol. The van der Waals surface area contributed by atoms with Crippen molar-refractivity contribution >= 4 is 27.7 Å². The van der Waals surface area contributed by atoms with Crippen molar-refractivity contribution in [3.8, 4) is 0 Å². The average Bonchev–Trinajstić information content (AvgIpc) is 2.23. The van der Waals surface area contributed by atoms with Crippen molar-refractivity contribution in [2.75, 3.05) is 5.32 Å². The molecule has 1 amide bonds. The molecule has 1 heterocycles. The molecule has 5 heteroatoms. The van der Waals surface area contributed by atoms with Crippen LogP contribution in [0.15, 0.2) is 17.0 Å². The highest BCUT2D eigenvalue weighted by molar-refractivity contribution is 9.10. The molecule has 0 aliphatic carbocycles. The summed E-state index contributed by atoms with van der Waals surface area (Å²) in [6.45, 7) is 4.00. The molecule has 0 spiro atoms. The molecular formula is C10H14BrN3O. The Balaban J connectivity index is 2.61.